The second-order valence-corrected chi connectivity index (χ2v) is 8.90. The van der Waals surface area contributed by atoms with Crippen molar-refractivity contribution in [3.8, 4) is 0 Å². The van der Waals surface area contributed by atoms with Gasteiger partial charge in [0.15, 0.2) is 0 Å². The molecule has 0 saturated heterocycles. The first-order chi connectivity index (χ1) is 9.70. The van der Waals surface area contributed by atoms with Gasteiger partial charge in [-0.15, -0.1) is 0 Å². The van der Waals surface area contributed by atoms with Crippen molar-refractivity contribution in [1.29, 1.82) is 0 Å². The molecule has 0 aromatic heterocycles. The van der Waals surface area contributed by atoms with Gasteiger partial charge in [0.05, 0.1) is 0 Å². The summed E-state index contributed by atoms with van der Waals surface area (Å²) in [5.41, 5.74) is 2.11. The zero-order chi connectivity index (χ0) is 16.0. The third-order valence-corrected chi connectivity index (χ3v) is 5.07. The number of hydrogen-bond acceptors (Lipinski definition) is 1. The third kappa shape index (κ3) is 7.00. The maximum atomic E-state index is 3.62. The molecule has 1 saturated carbocycles. The predicted molar refractivity (Wildman–Crippen MR) is 95.5 cm³/mol. The summed E-state index contributed by atoms with van der Waals surface area (Å²) in [5, 5.41) is 3.62. The second kappa shape index (κ2) is 8.36. The van der Waals surface area contributed by atoms with E-state index in [9.17, 15) is 0 Å². The Morgan fingerprint density at radius 2 is 1.62 bits per heavy atom. The highest BCUT2D eigenvalue weighted by atomic mass is 14.9. The summed E-state index contributed by atoms with van der Waals surface area (Å²) in [6, 6.07) is 0. The maximum absolute atomic E-state index is 3.62. The van der Waals surface area contributed by atoms with Gasteiger partial charge in [0, 0.05) is 6.54 Å². The van der Waals surface area contributed by atoms with E-state index in [4.69, 9.17) is 0 Å². The lowest BCUT2D eigenvalue weighted by atomic mass is 9.69. The predicted octanol–water partition coefficient (Wildman–Crippen LogP) is 5.67. The van der Waals surface area contributed by atoms with Crippen LogP contribution in [0.2, 0.25) is 0 Å². The number of rotatable bonds is 6. The first-order valence-electron chi connectivity index (χ1n) is 9.11. The smallest absolute Gasteiger partial charge is 0.0167 e. The van der Waals surface area contributed by atoms with Gasteiger partial charge in [-0.3, -0.25) is 0 Å². The van der Waals surface area contributed by atoms with Crippen LogP contribution in [0.15, 0.2) is 11.6 Å². The van der Waals surface area contributed by atoms with Crippen LogP contribution in [0.25, 0.3) is 0 Å². The van der Waals surface area contributed by atoms with Crippen LogP contribution in [0, 0.1) is 29.1 Å². The first kappa shape index (κ1) is 18.7. The third-order valence-electron chi connectivity index (χ3n) is 5.07. The molecule has 0 radical (unpaired) electrons. The monoisotopic (exact) mass is 293 g/mol. The highest BCUT2D eigenvalue weighted by Crippen LogP contribution is 2.40. The lowest BCUT2D eigenvalue weighted by Gasteiger charge is -2.36. The molecule has 1 aliphatic rings. The highest BCUT2D eigenvalue weighted by molar-refractivity contribution is 5.10. The van der Waals surface area contributed by atoms with Crippen LogP contribution < -0.4 is 5.32 Å². The minimum atomic E-state index is 0.494. The molecule has 0 aliphatic heterocycles. The van der Waals surface area contributed by atoms with Crippen LogP contribution in [-0.4, -0.2) is 13.1 Å². The summed E-state index contributed by atoms with van der Waals surface area (Å²) in [7, 11) is 0. The van der Waals surface area contributed by atoms with E-state index in [0.717, 1.165) is 30.8 Å². The highest BCUT2D eigenvalue weighted by Gasteiger charge is 2.29. The molecular formula is C20H39N. The van der Waals surface area contributed by atoms with Crippen molar-refractivity contribution in [1.82, 2.24) is 5.32 Å². The van der Waals surface area contributed by atoms with E-state index in [1.807, 2.05) is 0 Å². The second-order valence-electron chi connectivity index (χ2n) is 8.90. The van der Waals surface area contributed by atoms with Crippen molar-refractivity contribution in [3.05, 3.63) is 11.6 Å². The molecule has 1 aliphatic carbocycles. The maximum Gasteiger partial charge on any atom is 0.0167 e. The normalized spacial score (nSPS) is 24.9. The van der Waals surface area contributed by atoms with Crippen LogP contribution >= 0.6 is 0 Å². The molecule has 0 spiro atoms. The van der Waals surface area contributed by atoms with Crippen molar-refractivity contribution >= 4 is 0 Å². The van der Waals surface area contributed by atoms with Crippen LogP contribution in [0.3, 0.4) is 0 Å². The van der Waals surface area contributed by atoms with E-state index in [1.54, 1.807) is 5.57 Å². The van der Waals surface area contributed by atoms with Crippen LogP contribution in [0.4, 0.5) is 0 Å². The first-order valence-corrected chi connectivity index (χ1v) is 9.11. The molecule has 0 aromatic carbocycles. The number of hydrogen-bond donors (Lipinski definition) is 1. The molecule has 0 heterocycles. The summed E-state index contributed by atoms with van der Waals surface area (Å²) >= 11 is 0. The van der Waals surface area contributed by atoms with Crippen LogP contribution in [0.1, 0.15) is 74.1 Å². The Morgan fingerprint density at radius 3 is 2.05 bits per heavy atom. The van der Waals surface area contributed by atoms with E-state index in [-0.39, 0.29) is 0 Å². The van der Waals surface area contributed by atoms with Gasteiger partial charge in [-0.05, 0) is 61.3 Å². The molecule has 0 atom stereocenters. The molecule has 1 heteroatoms. The molecule has 1 nitrogen and oxygen atoms in total. The minimum absolute atomic E-state index is 0.494. The van der Waals surface area contributed by atoms with E-state index in [2.05, 4.69) is 59.9 Å². The molecule has 124 valence electrons. The van der Waals surface area contributed by atoms with Gasteiger partial charge in [-0.1, -0.05) is 60.1 Å². The van der Waals surface area contributed by atoms with Gasteiger partial charge in [-0.2, -0.15) is 0 Å². The van der Waals surface area contributed by atoms with Gasteiger partial charge in [0.1, 0.15) is 0 Å². The molecule has 0 unspecified atom stereocenters. The molecule has 0 amide bonds. The van der Waals surface area contributed by atoms with Crippen molar-refractivity contribution < 1.29 is 0 Å². The van der Waals surface area contributed by atoms with Crippen molar-refractivity contribution in [2.45, 2.75) is 74.1 Å². The minimum Gasteiger partial charge on any atom is -0.313 e. The Hall–Kier alpha value is -0.300. The van der Waals surface area contributed by atoms with Gasteiger partial charge in [-0.25, -0.2) is 0 Å². The summed E-state index contributed by atoms with van der Waals surface area (Å²) in [4.78, 5) is 0. The van der Waals surface area contributed by atoms with Gasteiger partial charge < -0.3 is 5.32 Å². The lowest BCUT2D eigenvalue weighted by molar-refractivity contribution is 0.162. The van der Waals surface area contributed by atoms with E-state index in [0.29, 0.717) is 11.3 Å². The number of nitrogens with one attached hydrogen (secondary N) is 1. The molecule has 1 N–H and O–H groups in total. The van der Waals surface area contributed by atoms with E-state index >= 15 is 0 Å². The van der Waals surface area contributed by atoms with Crippen LogP contribution in [-0.2, 0) is 0 Å². The fraction of sp³-hybridized carbons (Fsp3) is 0.900. The zero-order valence-corrected chi connectivity index (χ0v) is 15.6. The Balaban J connectivity index is 2.51. The standard InChI is InChI=1S/C20H39N/c1-15(2)13-21-14-18(16(3)4)12-17-8-10-19(11-9-17)20(5,6)7/h12,15-17,19,21H,8-11,13-14H2,1-7H3. The molecule has 0 bridgehead atoms. The van der Waals surface area contributed by atoms with Gasteiger partial charge >= 0.3 is 0 Å². The molecule has 21 heavy (non-hydrogen) atoms. The lowest BCUT2D eigenvalue weighted by Crippen LogP contribution is -2.27. The SMILES string of the molecule is CC(C)CNCC(=CC1CCC(C(C)(C)C)CC1)C(C)C. The van der Waals surface area contributed by atoms with Crippen molar-refractivity contribution in [2.24, 2.45) is 29.1 Å². The Labute approximate surface area is 134 Å². The molecule has 1 rings (SSSR count). The average molecular weight is 294 g/mol. The van der Waals surface area contributed by atoms with E-state index in [1.165, 1.54) is 25.7 Å². The van der Waals surface area contributed by atoms with Gasteiger partial charge in [0.2, 0.25) is 0 Å². The fourth-order valence-electron chi connectivity index (χ4n) is 3.42. The molecule has 1 fully saturated rings. The average Bonchev–Trinajstić information content (AvgIpc) is 2.36. The zero-order valence-electron chi connectivity index (χ0n) is 15.6. The largest absolute Gasteiger partial charge is 0.313 e. The quantitative estimate of drug-likeness (QED) is 0.622. The number of allylic oxidation sites excluding steroid dienone is 1. The molecule has 0 aromatic rings. The van der Waals surface area contributed by atoms with Gasteiger partial charge in [0.25, 0.3) is 0 Å². The van der Waals surface area contributed by atoms with Crippen molar-refractivity contribution in [3.63, 3.8) is 0 Å². The Morgan fingerprint density at radius 1 is 1.05 bits per heavy atom. The topological polar surface area (TPSA) is 12.0 Å². The summed E-state index contributed by atoms with van der Waals surface area (Å²) in [6.07, 6.45) is 8.21. The summed E-state index contributed by atoms with van der Waals surface area (Å²) in [5.74, 6) is 3.15. The van der Waals surface area contributed by atoms with Crippen LogP contribution in [0.5, 0.6) is 0 Å². The molecular weight excluding hydrogens is 254 g/mol. The van der Waals surface area contributed by atoms with Crippen molar-refractivity contribution in [2.75, 3.05) is 13.1 Å². The Bertz CT molecular complexity index is 311. The summed E-state index contributed by atoms with van der Waals surface area (Å²) in [6.45, 7) is 18.7. The fourth-order valence-corrected chi connectivity index (χ4v) is 3.42. The van der Waals surface area contributed by atoms with E-state index < -0.39 is 0 Å². The Kier molecular flexibility index (Phi) is 7.47. The summed E-state index contributed by atoms with van der Waals surface area (Å²) < 4.78 is 0.